The van der Waals surface area contributed by atoms with E-state index < -0.39 is 5.60 Å². The molecule has 1 heterocycles. The third-order valence-electron chi connectivity index (χ3n) is 11.8. The molecule has 0 aromatic heterocycles. The topological polar surface area (TPSA) is 29.5 Å². The van der Waals surface area contributed by atoms with Gasteiger partial charge >= 0.3 is 0 Å². The molecule has 1 N–H and O–H groups in total. The number of rotatable bonds is 5. The summed E-state index contributed by atoms with van der Waals surface area (Å²) in [5, 5.41) is 10.7. The highest BCUT2D eigenvalue weighted by Gasteiger charge is 2.59. The Bertz CT molecular complexity index is 704. The summed E-state index contributed by atoms with van der Waals surface area (Å²) in [6.45, 7) is 11.9. The van der Waals surface area contributed by atoms with Gasteiger partial charge in [0.15, 0.2) is 0 Å². The van der Waals surface area contributed by atoms with Gasteiger partial charge in [0.25, 0.3) is 0 Å². The maximum Gasteiger partial charge on any atom is 0.0657 e. The van der Waals surface area contributed by atoms with Crippen molar-refractivity contribution in [3.63, 3.8) is 0 Å². The summed E-state index contributed by atoms with van der Waals surface area (Å²) in [4.78, 5) is 0. The van der Waals surface area contributed by atoms with Crippen LogP contribution >= 0.6 is 0 Å². The van der Waals surface area contributed by atoms with E-state index in [-0.39, 0.29) is 0 Å². The van der Waals surface area contributed by atoms with Crippen LogP contribution in [0.15, 0.2) is 11.6 Å². The van der Waals surface area contributed by atoms with E-state index in [4.69, 9.17) is 4.74 Å². The zero-order valence-corrected chi connectivity index (χ0v) is 21.5. The number of hydrogen-bond donors (Lipinski definition) is 1. The quantitative estimate of drug-likeness (QED) is 0.445. The van der Waals surface area contributed by atoms with E-state index in [2.05, 4.69) is 33.8 Å². The molecule has 0 spiro atoms. The summed E-state index contributed by atoms with van der Waals surface area (Å²) in [7, 11) is 0. The molecule has 5 aliphatic rings. The summed E-state index contributed by atoms with van der Waals surface area (Å²) in [5.74, 6) is 5.44. The van der Waals surface area contributed by atoms with Crippen molar-refractivity contribution in [2.45, 2.75) is 117 Å². The highest BCUT2D eigenvalue weighted by atomic mass is 16.5. The fraction of sp³-hybridized carbons (Fsp3) is 0.933. The van der Waals surface area contributed by atoms with Crippen molar-refractivity contribution >= 4 is 0 Å². The molecule has 1 saturated heterocycles. The fourth-order valence-corrected chi connectivity index (χ4v) is 9.74. The van der Waals surface area contributed by atoms with Crippen LogP contribution in [-0.4, -0.2) is 23.9 Å². The molecular weight excluding hydrogens is 392 g/mol. The summed E-state index contributed by atoms with van der Waals surface area (Å²) in [5.41, 5.74) is 2.07. The van der Waals surface area contributed by atoms with Gasteiger partial charge in [-0.1, -0.05) is 51.7 Å². The molecule has 0 aromatic rings. The third kappa shape index (κ3) is 4.04. The van der Waals surface area contributed by atoms with Gasteiger partial charge in [0.2, 0.25) is 0 Å². The highest BCUT2D eigenvalue weighted by Crippen LogP contribution is 2.67. The normalized spacial score (nSPS) is 47.8. The molecule has 0 aromatic carbocycles. The van der Waals surface area contributed by atoms with Crippen LogP contribution in [0, 0.1) is 46.3 Å². The third-order valence-corrected chi connectivity index (χ3v) is 11.8. The van der Waals surface area contributed by atoms with Gasteiger partial charge in [0.05, 0.1) is 5.60 Å². The van der Waals surface area contributed by atoms with Crippen LogP contribution in [0.2, 0.25) is 0 Å². The monoisotopic (exact) mass is 442 g/mol. The number of fused-ring (bicyclic) bond motifs is 5. The molecule has 182 valence electrons. The average Bonchev–Trinajstić information content (AvgIpc) is 3.12. The smallest absolute Gasteiger partial charge is 0.0657 e. The molecule has 32 heavy (non-hydrogen) atoms. The van der Waals surface area contributed by atoms with E-state index in [1.165, 1.54) is 70.6 Å². The van der Waals surface area contributed by atoms with Crippen molar-refractivity contribution in [3.05, 3.63) is 11.6 Å². The van der Waals surface area contributed by atoms with Gasteiger partial charge in [-0.15, -0.1) is 0 Å². The Labute approximate surface area is 198 Å². The molecule has 4 fully saturated rings. The molecule has 1 aliphatic heterocycles. The Morgan fingerprint density at radius 3 is 2.56 bits per heavy atom. The summed E-state index contributed by atoms with van der Waals surface area (Å²) < 4.78 is 5.56. The zero-order chi connectivity index (χ0) is 22.6. The summed E-state index contributed by atoms with van der Waals surface area (Å²) >= 11 is 0. The highest BCUT2D eigenvalue weighted by molar-refractivity contribution is 5.26. The second kappa shape index (κ2) is 8.71. The zero-order valence-electron chi connectivity index (χ0n) is 21.5. The predicted molar refractivity (Wildman–Crippen MR) is 132 cm³/mol. The predicted octanol–water partition coefficient (Wildman–Crippen LogP) is 7.55. The van der Waals surface area contributed by atoms with Crippen LogP contribution in [-0.2, 0) is 4.74 Å². The second-order valence-electron chi connectivity index (χ2n) is 13.6. The van der Waals surface area contributed by atoms with Crippen molar-refractivity contribution in [3.8, 4) is 0 Å². The van der Waals surface area contributed by atoms with E-state index in [0.29, 0.717) is 10.8 Å². The van der Waals surface area contributed by atoms with Crippen molar-refractivity contribution in [2.24, 2.45) is 46.3 Å². The van der Waals surface area contributed by atoms with Gasteiger partial charge in [-0.05, 0) is 117 Å². The number of ether oxygens (including phenoxy) is 1. The summed E-state index contributed by atoms with van der Waals surface area (Å²) in [6.07, 6.45) is 19.7. The van der Waals surface area contributed by atoms with Gasteiger partial charge < -0.3 is 9.84 Å². The first-order valence-corrected chi connectivity index (χ1v) is 14.2. The van der Waals surface area contributed by atoms with Crippen LogP contribution < -0.4 is 0 Å². The van der Waals surface area contributed by atoms with Gasteiger partial charge in [0, 0.05) is 13.2 Å². The van der Waals surface area contributed by atoms with Crippen molar-refractivity contribution in [1.29, 1.82) is 0 Å². The Morgan fingerprint density at radius 2 is 1.78 bits per heavy atom. The molecule has 0 radical (unpaired) electrons. The Hall–Kier alpha value is -0.340. The molecule has 2 nitrogen and oxygen atoms in total. The minimum absolute atomic E-state index is 0.361. The van der Waals surface area contributed by atoms with Crippen LogP contribution in [0.4, 0.5) is 0 Å². The number of allylic oxidation sites excluding steroid dienone is 1. The first-order valence-electron chi connectivity index (χ1n) is 14.2. The number of aliphatic hydroxyl groups is 1. The van der Waals surface area contributed by atoms with Crippen molar-refractivity contribution in [1.82, 2.24) is 0 Å². The fourth-order valence-electron chi connectivity index (χ4n) is 9.74. The molecule has 0 amide bonds. The van der Waals surface area contributed by atoms with E-state index in [1.807, 2.05) is 0 Å². The molecule has 8 atom stereocenters. The Morgan fingerprint density at radius 1 is 1.00 bits per heavy atom. The lowest BCUT2D eigenvalue weighted by Gasteiger charge is -2.59. The number of hydrogen-bond acceptors (Lipinski definition) is 2. The molecule has 3 saturated carbocycles. The molecule has 2 heteroatoms. The molecule has 4 aliphatic carbocycles. The van der Waals surface area contributed by atoms with E-state index in [9.17, 15) is 5.11 Å². The van der Waals surface area contributed by atoms with E-state index >= 15 is 0 Å². The van der Waals surface area contributed by atoms with Crippen LogP contribution in [0.1, 0.15) is 111 Å². The molecule has 5 rings (SSSR count). The lowest BCUT2D eigenvalue weighted by atomic mass is 9.46. The largest absolute Gasteiger partial charge is 0.390 e. The second-order valence-corrected chi connectivity index (χ2v) is 13.6. The standard InChI is InChI=1S/C30H50O2/c1-21(6-5-7-22-13-18-32-19-14-22)25-10-11-26-24-9-8-23-20-28(2,31)16-17-29(23,3)27(24)12-15-30(25,26)4/h8,21-22,24-27,31H,5-7,9-20H2,1-4H3/t21-,24+,25-,26+,27+,28+,29+,30-/m1/s1. The van der Waals surface area contributed by atoms with Crippen molar-refractivity contribution in [2.75, 3.05) is 13.2 Å². The first kappa shape index (κ1) is 23.4. The van der Waals surface area contributed by atoms with E-state index in [0.717, 1.165) is 61.6 Å². The van der Waals surface area contributed by atoms with Crippen LogP contribution in [0.5, 0.6) is 0 Å². The SMILES string of the molecule is C[C@H](CCCC1CCOCC1)[C@H]1CC[C@H]2[C@@H]3CC=C4C[C@@](C)(O)CC[C@]4(C)[C@H]3CC[C@]12C. The molecular formula is C30H50O2. The van der Waals surface area contributed by atoms with Crippen LogP contribution in [0.3, 0.4) is 0 Å². The lowest BCUT2D eigenvalue weighted by molar-refractivity contribution is -0.0706. The Balaban J connectivity index is 1.24. The molecule has 0 bridgehead atoms. The van der Waals surface area contributed by atoms with Gasteiger partial charge in [-0.3, -0.25) is 0 Å². The van der Waals surface area contributed by atoms with Gasteiger partial charge in [0.1, 0.15) is 0 Å². The minimum atomic E-state index is -0.472. The minimum Gasteiger partial charge on any atom is -0.390 e. The Kier molecular flexibility index (Phi) is 6.37. The van der Waals surface area contributed by atoms with Crippen LogP contribution in [0.25, 0.3) is 0 Å². The first-order chi connectivity index (χ1) is 15.2. The van der Waals surface area contributed by atoms with E-state index in [1.54, 1.807) is 5.57 Å². The maximum absolute atomic E-state index is 10.7. The van der Waals surface area contributed by atoms with Gasteiger partial charge in [-0.2, -0.15) is 0 Å². The average molecular weight is 443 g/mol. The van der Waals surface area contributed by atoms with Crippen molar-refractivity contribution < 1.29 is 9.84 Å². The summed E-state index contributed by atoms with van der Waals surface area (Å²) in [6, 6.07) is 0. The van der Waals surface area contributed by atoms with Gasteiger partial charge in [-0.25, -0.2) is 0 Å². The maximum atomic E-state index is 10.7. The molecule has 0 unspecified atom stereocenters. The lowest BCUT2D eigenvalue weighted by Crippen LogP contribution is -2.52.